The summed E-state index contributed by atoms with van der Waals surface area (Å²) in [5.41, 5.74) is 13.2. The molecule has 0 aliphatic rings. The Balaban J connectivity index is 1.70. The number of aromatic nitrogens is 5. The maximum atomic E-state index is 5.55. The molecule has 5 N–H and O–H groups in total. The van der Waals surface area contributed by atoms with Crippen LogP contribution < -0.4 is 11.5 Å². The van der Waals surface area contributed by atoms with Crippen molar-refractivity contribution in [1.29, 1.82) is 0 Å². The molecule has 2 aromatic heterocycles. The summed E-state index contributed by atoms with van der Waals surface area (Å²) in [6, 6.07) is 9.96. The molecular formula is C14H15N7. The monoisotopic (exact) mass is 281 g/mol. The fraction of sp³-hybridized carbons (Fsp3) is 0.143. The van der Waals surface area contributed by atoms with Crippen LogP contribution in [0.1, 0.15) is 11.5 Å². The van der Waals surface area contributed by atoms with Crippen LogP contribution in [0.3, 0.4) is 0 Å². The molecule has 7 nitrogen and oxygen atoms in total. The zero-order valence-electron chi connectivity index (χ0n) is 11.3. The maximum Gasteiger partial charge on any atom is 0.225 e. The number of nitrogens with one attached hydrogen (secondary N) is 1. The van der Waals surface area contributed by atoms with Gasteiger partial charge in [-0.15, -0.1) is 0 Å². The Kier molecular flexibility index (Phi) is 3.46. The molecule has 0 bridgehead atoms. The van der Waals surface area contributed by atoms with Crippen molar-refractivity contribution in [3.05, 3.63) is 48.0 Å². The highest BCUT2D eigenvalue weighted by Crippen LogP contribution is 2.15. The lowest BCUT2D eigenvalue weighted by Crippen LogP contribution is -2.07. The predicted octanol–water partition coefficient (Wildman–Crippen LogP) is 1.21. The van der Waals surface area contributed by atoms with Crippen LogP contribution in [0.2, 0.25) is 0 Å². The van der Waals surface area contributed by atoms with Gasteiger partial charge in [0.05, 0.1) is 0 Å². The number of nitrogen functional groups attached to an aromatic ring is 2. The summed E-state index contributed by atoms with van der Waals surface area (Å²) < 4.78 is 0. The average molecular weight is 281 g/mol. The first-order valence-corrected chi connectivity index (χ1v) is 6.56. The van der Waals surface area contributed by atoms with Gasteiger partial charge in [0.15, 0.2) is 0 Å². The number of hydrogen-bond donors (Lipinski definition) is 3. The fourth-order valence-electron chi connectivity index (χ4n) is 2.04. The zero-order chi connectivity index (χ0) is 14.7. The van der Waals surface area contributed by atoms with Crippen LogP contribution in [-0.2, 0) is 12.8 Å². The highest BCUT2D eigenvalue weighted by atomic mass is 15.1. The molecule has 3 rings (SSSR count). The number of aromatic amines is 1. The Hall–Kier alpha value is -2.96. The largest absolute Gasteiger partial charge is 0.368 e. The van der Waals surface area contributed by atoms with E-state index in [9.17, 15) is 0 Å². The van der Waals surface area contributed by atoms with E-state index in [1.807, 2.05) is 36.5 Å². The van der Waals surface area contributed by atoms with Gasteiger partial charge in [0, 0.05) is 23.9 Å². The number of nitrogens with two attached hydrogens (primary N) is 2. The number of nitrogens with zero attached hydrogens (tertiary/aromatic N) is 4. The minimum atomic E-state index is 0.145. The van der Waals surface area contributed by atoms with Gasteiger partial charge >= 0.3 is 0 Å². The molecule has 2 heterocycles. The van der Waals surface area contributed by atoms with Crippen LogP contribution in [0.4, 0.5) is 11.9 Å². The molecule has 1 aromatic carbocycles. The molecule has 0 radical (unpaired) electrons. The molecule has 0 saturated heterocycles. The lowest BCUT2D eigenvalue weighted by molar-refractivity contribution is 0.833. The molecule has 106 valence electrons. The molecule has 0 saturated carbocycles. The van der Waals surface area contributed by atoms with E-state index < -0.39 is 0 Å². The van der Waals surface area contributed by atoms with Crippen molar-refractivity contribution in [2.75, 3.05) is 11.5 Å². The molecule has 21 heavy (non-hydrogen) atoms. The van der Waals surface area contributed by atoms with E-state index in [0.29, 0.717) is 12.2 Å². The summed E-state index contributed by atoms with van der Waals surface area (Å²) in [7, 11) is 0. The van der Waals surface area contributed by atoms with Gasteiger partial charge in [-0.2, -0.15) is 15.0 Å². The first kappa shape index (κ1) is 13.0. The SMILES string of the molecule is Nc1nc(N)nc(CCc2cnc(-c3ccccc3)[nH]2)n1. The van der Waals surface area contributed by atoms with Crippen LogP contribution in [0, 0.1) is 0 Å². The Morgan fingerprint density at radius 2 is 1.62 bits per heavy atom. The maximum absolute atomic E-state index is 5.55. The predicted molar refractivity (Wildman–Crippen MR) is 80.1 cm³/mol. The average Bonchev–Trinajstić information content (AvgIpc) is 2.94. The molecule has 0 aliphatic carbocycles. The van der Waals surface area contributed by atoms with Crippen molar-refractivity contribution in [2.45, 2.75) is 12.8 Å². The number of hydrogen-bond acceptors (Lipinski definition) is 6. The smallest absolute Gasteiger partial charge is 0.225 e. The number of anilines is 2. The highest BCUT2D eigenvalue weighted by Gasteiger charge is 2.06. The van der Waals surface area contributed by atoms with Gasteiger partial charge < -0.3 is 16.5 Å². The van der Waals surface area contributed by atoms with E-state index in [2.05, 4.69) is 24.9 Å². The third kappa shape index (κ3) is 3.14. The Labute approximate surface area is 121 Å². The normalized spacial score (nSPS) is 10.7. The summed E-state index contributed by atoms with van der Waals surface area (Å²) >= 11 is 0. The lowest BCUT2D eigenvalue weighted by Gasteiger charge is -2.01. The van der Waals surface area contributed by atoms with Crippen molar-refractivity contribution in [2.24, 2.45) is 0 Å². The molecule has 0 atom stereocenters. The lowest BCUT2D eigenvalue weighted by atomic mass is 10.2. The Morgan fingerprint density at radius 3 is 2.33 bits per heavy atom. The second-order valence-electron chi connectivity index (χ2n) is 4.59. The first-order chi connectivity index (χ1) is 10.2. The van der Waals surface area contributed by atoms with E-state index in [-0.39, 0.29) is 11.9 Å². The van der Waals surface area contributed by atoms with Crippen molar-refractivity contribution in [1.82, 2.24) is 24.9 Å². The summed E-state index contributed by atoms with van der Waals surface area (Å²) in [5.74, 6) is 1.72. The third-order valence-electron chi connectivity index (χ3n) is 3.01. The number of aryl methyl sites for hydroxylation is 2. The standard InChI is InChI=1S/C14H15N7/c15-13-19-11(20-14(16)21-13)7-6-10-8-17-12(18-10)9-4-2-1-3-5-9/h1-5,8H,6-7H2,(H,17,18)(H4,15,16,19,20,21). The third-order valence-corrected chi connectivity index (χ3v) is 3.01. The van der Waals surface area contributed by atoms with Gasteiger partial charge in [0.2, 0.25) is 11.9 Å². The van der Waals surface area contributed by atoms with Gasteiger partial charge in [0.25, 0.3) is 0 Å². The summed E-state index contributed by atoms with van der Waals surface area (Å²) in [4.78, 5) is 19.5. The first-order valence-electron chi connectivity index (χ1n) is 6.56. The van der Waals surface area contributed by atoms with E-state index >= 15 is 0 Å². The zero-order valence-corrected chi connectivity index (χ0v) is 11.3. The van der Waals surface area contributed by atoms with Crippen molar-refractivity contribution in [3.63, 3.8) is 0 Å². The van der Waals surface area contributed by atoms with Crippen LogP contribution in [-0.4, -0.2) is 24.9 Å². The van der Waals surface area contributed by atoms with Gasteiger partial charge in [-0.1, -0.05) is 30.3 Å². The molecule has 0 fully saturated rings. The van der Waals surface area contributed by atoms with Crippen LogP contribution in [0.25, 0.3) is 11.4 Å². The van der Waals surface area contributed by atoms with Crippen LogP contribution in [0.5, 0.6) is 0 Å². The van der Waals surface area contributed by atoms with Crippen molar-refractivity contribution in [3.8, 4) is 11.4 Å². The van der Waals surface area contributed by atoms with E-state index in [1.54, 1.807) is 0 Å². The summed E-state index contributed by atoms with van der Waals surface area (Å²) in [5, 5.41) is 0. The molecule has 0 aliphatic heterocycles. The van der Waals surface area contributed by atoms with E-state index in [0.717, 1.165) is 23.5 Å². The van der Waals surface area contributed by atoms with Crippen LogP contribution >= 0.6 is 0 Å². The van der Waals surface area contributed by atoms with Crippen molar-refractivity contribution >= 4 is 11.9 Å². The second-order valence-corrected chi connectivity index (χ2v) is 4.59. The van der Waals surface area contributed by atoms with Crippen LogP contribution in [0.15, 0.2) is 36.5 Å². The quantitative estimate of drug-likeness (QED) is 0.661. The van der Waals surface area contributed by atoms with Crippen molar-refractivity contribution < 1.29 is 0 Å². The molecule has 0 amide bonds. The van der Waals surface area contributed by atoms with Gasteiger partial charge in [0.1, 0.15) is 11.6 Å². The Bertz CT molecular complexity index is 716. The fourth-order valence-corrected chi connectivity index (χ4v) is 2.04. The number of imidazole rings is 1. The van der Waals surface area contributed by atoms with E-state index in [4.69, 9.17) is 11.5 Å². The second kappa shape index (κ2) is 5.58. The molecule has 0 spiro atoms. The molecular weight excluding hydrogens is 266 g/mol. The van der Waals surface area contributed by atoms with Gasteiger partial charge in [-0.05, 0) is 6.42 Å². The molecule has 3 aromatic rings. The molecule has 0 unspecified atom stereocenters. The highest BCUT2D eigenvalue weighted by molar-refractivity contribution is 5.54. The molecule has 7 heteroatoms. The minimum Gasteiger partial charge on any atom is -0.368 e. The summed E-state index contributed by atoms with van der Waals surface area (Å²) in [6.45, 7) is 0. The number of rotatable bonds is 4. The topological polar surface area (TPSA) is 119 Å². The Morgan fingerprint density at radius 1 is 0.905 bits per heavy atom. The number of H-pyrrole nitrogens is 1. The summed E-state index contributed by atoms with van der Waals surface area (Å²) in [6.07, 6.45) is 3.16. The van der Waals surface area contributed by atoms with E-state index in [1.165, 1.54) is 0 Å². The number of benzene rings is 1. The van der Waals surface area contributed by atoms with Gasteiger partial charge in [-0.3, -0.25) is 0 Å². The minimum absolute atomic E-state index is 0.145. The van der Waals surface area contributed by atoms with Gasteiger partial charge in [-0.25, -0.2) is 4.98 Å².